The van der Waals surface area contributed by atoms with Crippen molar-refractivity contribution >= 4 is 0 Å². The summed E-state index contributed by atoms with van der Waals surface area (Å²) in [7, 11) is 0. The first-order chi connectivity index (χ1) is 6.29. The number of nitriles is 1. The third kappa shape index (κ3) is 2.17. The van der Waals surface area contributed by atoms with Crippen LogP contribution in [0.2, 0.25) is 0 Å². The van der Waals surface area contributed by atoms with Gasteiger partial charge in [0.05, 0.1) is 12.2 Å². The van der Waals surface area contributed by atoms with Crippen LogP contribution in [0.4, 0.5) is 0 Å². The van der Waals surface area contributed by atoms with E-state index in [2.05, 4.69) is 6.58 Å². The molecule has 1 aromatic rings. The van der Waals surface area contributed by atoms with E-state index in [-0.39, 0.29) is 0 Å². The molecule has 0 amide bonds. The van der Waals surface area contributed by atoms with Crippen LogP contribution in [0.5, 0.6) is 0 Å². The maximum absolute atomic E-state index is 9.43. The van der Waals surface area contributed by atoms with Gasteiger partial charge in [0, 0.05) is 0 Å². The predicted molar refractivity (Wildman–Crippen MR) is 51.0 cm³/mol. The van der Waals surface area contributed by atoms with E-state index < -0.39 is 12.0 Å². The van der Waals surface area contributed by atoms with Crippen molar-refractivity contribution in [3.8, 4) is 6.07 Å². The van der Waals surface area contributed by atoms with Gasteiger partial charge in [0.1, 0.15) is 5.92 Å². The quantitative estimate of drug-likeness (QED) is 0.709. The number of hydrogen-bond acceptors (Lipinski definition) is 2. The monoisotopic (exact) mass is 173 g/mol. The molecule has 0 spiro atoms. The predicted octanol–water partition coefficient (Wildman–Crippen LogP) is 1.84. The van der Waals surface area contributed by atoms with E-state index in [0.717, 1.165) is 5.56 Å². The molecule has 0 aliphatic carbocycles. The molecule has 1 rings (SSSR count). The van der Waals surface area contributed by atoms with Gasteiger partial charge in [-0.25, -0.2) is 0 Å². The van der Waals surface area contributed by atoms with E-state index in [0.29, 0.717) is 0 Å². The summed E-state index contributed by atoms with van der Waals surface area (Å²) < 4.78 is 0. The Kier molecular flexibility index (Phi) is 3.24. The molecule has 0 bridgehead atoms. The second-order valence-corrected chi connectivity index (χ2v) is 2.74. The molecule has 0 saturated carbocycles. The van der Waals surface area contributed by atoms with Gasteiger partial charge >= 0.3 is 0 Å². The average Bonchev–Trinajstić information content (AvgIpc) is 2.20. The molecule has 0 saturated heterocycles. The molecular formula is C11H11NO. The number of rotatable bonds is 3. The lowest BCUT2D eigenvalue weighted by atomic mass is 9.95. The first-order valence-corrected chi connectivity index (χ1v) is 4.04. The van der Waals surface area contributed by atoms with Gasteiger partial charge in [0.25, 0.3) is 0 Å². The first-order valence-electron chi connectivity index (χ1n) is 4.04. The fraction of sp³-hybridized carbons (Fsp3) is 0.182. The van der Waals surface area contributed by atoms with Crippen molar-refractivity contribution in [1.82, 2.24) is 0 Å². The molecule has 2 nitrogen and oxygen atoms in total. The van der Waals surface area contributed by atoms with Crippen LogP contribution in [0.3, 0.4) is 0 Å². The maximum atomic E-state index is 9.43. The summed E-state index contributed by atoms with van der Waals surface area (Å²) in [5.74, 6) is -0.515. The fourth-order valence-electron chi connectivity index (χ4n) is 1.14. The summed E-state index contributed by atoms with van der Waals surface area (Å²) in [4.78, 5) is 0. The van der Waals surface area contributed by atoms with Crippen LogP contribution in [-0.2, 0) is 0 Å². The summed E-state index contributed by atoms with van der Waals surface area (Å²) in [5, 5.41) is 18.3. The molecule has 1 aromatic carbocycles. The number of aliphatic hydroxyl groups is 1. The summed E-state index contributed by atoms with van der Waals surface area (Å²) in [5.41, 5.74) is 0.817. The molecule has 0 aliphatic rings. The molecule has 0 fully saturated rings. The number of hydrogen-bond donors (Lipinski definition) is 1. The van der Waals surface area contributed by atoms with Crippen molar-refractivity contribution in [2.24, 2.45) is 0 Å². The maximum Gasteiger partial charge on any atom is 0.101 e. The minimum absolute atomic E-state index is 0.515. The molecule has 2 heteroatoms. The second kappa shape index (κ2) is 4.44. The highest BCUT2D eigenvalue weighted by molar-refractivity contribution is 5.27. The highest BCUT2D eigenvalue weighted by Crippen LogP contribution is 2.18. The molecule has 0 radical (unpaired) electrons. The first kappa shape index (κ1) is 9.50. The Morgan fingerprint density at radius 2 is 2.00 bits per heavy atom. The highest BCUT2D eigenvalue weighted by Gasteiger charge is 2.16. The molecule has 1 N–H and O–H groups in total. The topological polar surface area (TPSA) is 44.0 Å². The Morgan fingerprint density at radius 3 is 2.46 bits per heavy atom. The minimum atomic E-state index is -0.799. The molecule has 0 heterocycles. The molecule has 13 heavy (non-hydrogen) atoms. The van der Waals surface area contributed by atoms with Gasteiger partial charge in [-0.15, -0.1) is 6.58 Å². The molecule has 0 unspecified atom stereocenters. The van der Waals surface area contributed by atoms with E-state index in [9.17, 15) is 5.11 Å². The minimum Gasteiger partial charge on any atom is -0.387 e. The zero-order valence-electron chi connectivity index (χ0n) is 7.22. The van der Waals surface area contributed by atoms with Crippen LogP contribution in [0, 0.1) is 11.3 Å². The van der Waals surface area contributed by atoms with E-state index in [1.54, 1.807) is 0 Å². The summed E-state index contributed by atoms with van der Waals surface area (Å²) >= 11 is 0. The van der Waals surface area contributed by atoms with Crippen molar-refractivity contribution in [3.63, 3.8) is 0 Å². The van der Waals surface area contributed by atoms with E-state index >= 15 is 0 Å². The third-order valence-electron chi connectivity index (χ3n) is 1.88. The van der Waals surface area contributed by atoms with Crippen LogP contribution in [0.25, 0.3) is 0 Å². The van der Waals surface area contributed by atoms with Crippen molar-refractivity contribution in [2.45, 2.75) is 12.0 Å². The van der Waals surface area contributed by atoms with Crippen LogP contribution in [0.1, 0.15) is 11.5 Å². The fourth-order valence-corrected chi connectivity index (χ4v) is 1.14. The van der Waals surface area contributed by atoms with Gasteiger partial charge in [-0.2, -0.15) is 5.26 Å². The number of aliphatic hydroxyl groups excluding tert-OH is 1. The summed E-state index contributed by atoms with van der Waals surface area (Å²) in [6.07, 6.45) is 0.577. The van der Waals surface area contributed by atoms with Gasteiger partial charge in [-0.1, -0.05) is 36.4 Å². The summed E-state index contributed by atoms with van der Waals surface area (Å²) in [6.45, 7) is 3.45. The Morgan fingerprint density at radius 1 is 1.38 bits per heavy atom. The Balaban J connectivity index is 2.93. The van der Waals surface area contributed by atoms with Crippen molar-refractivity contribution < 1.29 is 5.11 Å². The largest absolute Gasteiger partial charge is 0.387 e. The van der Waals surface area contributed by atoms with Crippen molar-refractivity contribution in [2.75, 3.05) is 0 Å². The van der Waals surface area contributed by atoms with Gasteiger partial charge in [0.2, 0.25) is 0 Å². The molecule has 2 atom stereocenters. The van der Waals surface area contributed by atoms with Crippen molar-refractivity contribution in [3.05, 3.63) is 48.6 Å². The standard InChI is InChI=1S/C11H11NO/c1-2-11(13)10(8-12)9-6-4-3-5-7-9/h2-7,10-11,13H,1H2/t10-,11-/m1/s1. The molecule has 66 valence electrons. The van der Waals surface area contributed by atoms with Crippen LogP contribution < -0.4 is 0 Å². The Hall–Kier alpha value is -1.59. The smallest absolute Gasteiger partial charge is 0.101 e. The zero-order valence-corrected chi connectivity index (χ0v) is 7.22. The number of nitrogens with zero attached hydrogens (tertiary/aromatic N) is 1. The molecule has 0 aliphatic heterocycles. The molecular weight excluding hydrogens is 162 g/mol. The molecule has 0 aromatic heterocycles. The van der Waals surface area contributed by atoms with Crippen molar-refractivity contribution in [1.29, 1.82) is 5.26 Å². The lowest BCUT2D eigenvalue weighted by Crippen LogP contribution is -2.13. The van der Waals surface area contributed by atoms with Crippen LogP contribution >= 0.6 is 0 Å². The van der Waals surface area contributed by atoms with E-state index in [1.807, 2.05) is 36.4 Å². The second-order valence-electron chi connectivity index (χ2n) is 2.74. The number of benzene rings is 1. The Labute approximate surface area is 77.8 Å². The van der Waals surface area contributed by atoms with Gasteiger partial charge in [0.15, 0.2) is 0 Å². The van der Waals surface area contributed by atoms with E-state index in [1.165, 1.54) is 6.08 Å². The Bertz CT molecular complexity index is 313. The highest BCUT2D eigenvalue weighted by atomic mass is 16.3. The average molecular weight is 173 g/mol. The SMILES string of the molecule is C=C[C@@H](O)[C@H](C#N)c1ccccc1. The zero-order chi connectivity index (χ0) is 9.68. The normalized spacial score (nSPS) is 14.2. The van der Waals surface area contributed by atoms with Gasteiger partial charge in [-0.05, 0) is 5.56 Å². The lowest BCUT2D eigenvalue weighted by Gasteiger charge is -2.12. The third-order valence-corrected chi connectivity index (χ3v) is 1.88. The van der Waals surface area contributed by atoms with Crippen LogP contribution in [-0.4, -0.2) is 11.2 Å². The van der Waals surface area contributed by atoms with Crippen LogP contribution in [0.15, 0.2) is 43.0 Å². The summed E-state index contributed by atoms with van der Waals surface area (Å²) in [6, 6.07) is 11.2. The van der Waals surface area contributed by atoms with Gasteiger partial charge in [-0.3, -0.25) is 0 Å². The van der Waals surface area contributed by atoms with Gasteiger partial charge < -0.3 is 5.11 Å². The lowest BCUT2D eigenvalue weighted by molar-refractivity contribution is 0.210. The van der Waals surface area contributed by atoms with E-state index in [4.69, 9.17) is 5.26 Å².